The third-order valence-electron chi connectivity index (χ3n) is 3.01. The van der Waals surface area contributed by atoms with Crippen molar-refractivity contribution in [3.05, 3.63) is 71.3 Å². The van der Waals surface area contributed by atoms with Crippen LogP contribution in [0.5, 0.6) is 0 Å². The van der Waals surface area contributed by atoms with Crippen LogP contribution in [0, 0.1) is 0 Å². The van der Waals surface area contributed by atoms with E-state index in [1.807, 2.05) is 0 Å². The van der Waals surface area contributed by atoms with E-state index in [1.165, 1.54) is 12.1 Å². The van der Waals surface area contributed by atoms with Gasteiger partial charge in [-0.1, -0.05) is 42.5 Å². The lowest BCUT2D eigenvalue weighted by atomic mass is 10.0. The van der Waals surface area contributed by atoms with Gasteiger partial charge in [0.05, 0.1) is 5.56 Å². The normalized spacial score (nSPS) is 14.0. The molecule has 2 aromatic rings. The van der Waals surface area contributed by atoms with Crippen molar-refractivity contribution >= 4 is 7.60 Å². The molecule has 0 amide bonds. The third kappa shape index (κ3) is 3.73. The van der Waals surface area contributed by atoms with Gasteiger partial charge in [-0.3, -0.25) is 4.57 Å². The fourth-order valence-corrected chi connectivity index (χ4v) is 3.19. The Labute approximate surface area is 119 Å². The molecule has 2 aromatic carbocycles. The van der Waals surface area contributed by atoms with Gasteiger partial charge in [-0.2, -0.15) is 13.2 Å². The Bertz CT molecular complexity index is 647. The largest absolute Gasteiger partial charge is 0.416 e. The summed E-state index contributed by atoms with van der Waals surface area (Å²) in [4.78, 5) is 19.0. The maximum absolute atomic E-state index is 12.5. The van der Waals surface area contributed by atoms with Crippen molar-refractivity contribution in [2.45, 2.75) is 11.8 Å². The molecule has 0 bridgehead atoms. The molecule has 1 atom stereocenters. The second kappa shape index (κ2) is 5.64. The Morgan fingerprint density at radius 1 is 0.857 bits per heavy atom. The standard InChI is InChI=1S/C14H12F3O3P/c15-14(16,17)12-8-6-11(7-9-12)13(21(18,19)20)10-4-2-1-3-5-10/h1-9,13H,(H2,18,19,20). The van der Waals surface area contributed by atoms with E-state index in [1.54, 1.807) is 18.2 Å². The Morgan fingerprint density at radius 2 is 1.33 bits per heavy atom. The van der Waals surface area contributed by atoms with Gasteiger partial charge in [0, 0.05) is 0 Å². The molecule has 0 heterocycles. The van der Waals surface area contributed by atoms with E-state index in [4.69, 9.17) is 0 Å². The fourth-order valence-electron chi connectivity index (χ4n) is 2.07. The summed E-state index contributed by atoms with van der Waals surface area (Å²) >= 11 is 0. The summed E-state index contributed by atoms with van der Waals surface area (Å²) in [6.45, 7) is 0. The van der Waals surface area contributed by atoms with Gasteiger partial charge in [0.15, 0.2) is 0 Å². The van der Waals surface area contributed by atoms with Crippen molar-refractivity contribution in [3.63, 3.8) is 0 Å². The zero-order valence-electron chi connectivity index (χ0n) is 10.7. The van der Waals surface area contributed by atoms with Crippen molar-refractivity contribution in [2.75, 3.05) is 0 Å². The van der Waals surface area contributed by atoms with Crippen molar-refractivity contribution in [1.29, 1.82) is 0 Å². The van der Waals surface area contributed by atoms with Crippen molar-refractivity contribution in [2.24, 2.45) is 0 Å². The van der Waals surface area contributed by atoms with E-state index in [2.05, 4.69) is 0 Å². The molecule has 0 saturated heterocycles. The number of rotatable bonds is 3. The van der Waals surface area contributed by atoms with Gasteiger partial charge in [0.25, 0.3) is 0 Å². The summed E-state index contributed by atoms with van der Waals surface area (Å²) in [5.41, 5.74) is -1.64. The summed E-state index contributed by atoms with van der Waals surface area (Å²) in [6.07, 6.45) is -4.48. The number of alkyl halides is 3. The van der Waals surface area contributed by atoms with Crippen molar-refractivity contribution in [3.8, 4) is 0 Å². The predicted molar refractivity (Wildman–Crippen MR) is 71.8 cm³/mol. The summed E-state index contributed by atoms with van der Waals surface area (Å²) in [5, 5.41) is 0. The van der Waals surface area contributed by atoms with Crippen LogP contribution in [-0.2, 0) is 10.7 Å². The average molecular weight is 316 g/mol. The number of benzene rings is 2. The minimum Gasteiger partial charge on any atom is -0.324 e. The summed E-state index contributed by atoms with van der Waals surface area (Å²) in [7, 11) is -4.56. The quantitative estimate of drug-likeness (QED) is 0.842. The number of halogens is 3. The zero-order chi connectivity index (χ0) is 15.7. The van der Waals surface area contributed by atoms with Gasteiger partial charge in [-0.05, 0) is 23.3 Å². The van der Waals surface area contributed by atoms with Crippen LogP contribution in [0.2, 0.25) is 0 Å². The van der Waals surface area contributed by atoms with Crippen LogP contribution in [0.4, 0.5) is 13.2 Å². The highest BCUT2D eigenvalue weighted by Crippen LogP contribution is 2.55. The van der Waals surface area contributed by atoms with Crippen LogP contribution in [-0.4, -0.2) is 9.79 Å². The highest BCUT2D eigenvalue weighted by molar-refractivity contribution is 7.52. The molecule has 0 fully saturated rings. The van der Waals surface area contributed by atoms with E-state index < -0.39 is 25.0 Å². The van der Waals surface area contributed by atoms with E-state index in [-0.39, 0.29) is 5.56 Å². The zero-order valence-corrected chi connectivity index (χ0v) is 11.6. The van der Waals surface area contributed by atoms with Gasteiger partial charge in [0.1, 0.15) is 5.66 Å². The Kier molecular flexibility index (Phi) is 4.23. The van der Waals surface area contributed by atoms with Gasteiger partial charge >= 0.3 is 13.8 Å². The fraction of sp³-hybridized carbons (Fsp3) is 0.143. The first-order valence-corrected chi connectivity index (χ1v) is 7.65. The van der Waals surface area contributed by atoms with Crippen LogP contribution in [0.3, 0.4) is 0 Å². The molecule has 0 spiro atoms. The van der Waals surface area contributed by atoms with Crippen LogP contribution >= 0.6 is 7.60 Å². The summed E-state index contributed by atoms with van der Waals surface area (Å²) < 4.78 is 49.3. The predicted octanol–water partition coefficient (Wildman–Crippen LogP) is 3.97. The van der Waals surface area contributed by atoms with Crippen LogP contribution in [0.25, 0.3) is 0 Å². The second-order valence-electron chi connectivity index (χ2n) is 4.52. The highest BCUT2D eigenvalue weighted by atomic mass is 31.2. The Balaban J connectivity index is 2.46. The molecule has 2 rings (SSSR count). The average Bonchev–Trinajstić information content (AvgIpc) is 2.38. The minimum atomic E-state index is -4.56. The van der Waals surface area contributed by atoms with Crippen molar-refractivity contribution in [1.82, 2.24) is 0 Å². The molecule has 0 aliphatic heterocycles. The molecule has 112 valence electrons. The monoisotopic (exact) mass is 316 g/mol. The first-order valence-electron chi connectivity index (χ1n) is 5.97. The lowest BCUT2D eigenvalue weighted by molar-refractivity contribution is -0.137. The minimum absolute atomic E-state index is 0.141. The number of hydrogen-bond donors (Lipinski definition) is 2. The Hall–Kier alpha value is -1.62. The molecule has 3 nitrogen and oxygen atoms in total. The first-order chi connectivity index (χ1) is 9.69. The summed E-state index contributed by atoms with van der Waals surface area (Å²) in [5.74, 6) is 0. The van der Waals surface area contributed by atoms with Crippen molar-refractivity contribution < 1.29 is 27.5 Å². The van der Waals surface area contributed by atoms with Crippen LogP contribution in [0.15, 0.2) is 54.6 Å². The van der Waals surface area contributed by atoms with E-state index in [0.717, 1.165) is 24.3 Å². The smallest absolute Gasteiger partial charge is 0.324 e. The maximum Gasteiger partial charge on any atom is 0.416 e. The molecule has 0 saturated carbocycles. The van der Waals surface area contributed by atoms with E-state index >= 15 is 0 Å². The summed E-state index contributed by atoms with van der Waals surface area (Å²) in [6, 6.07) is 11.8. The van der Waals surface area contributed by atoms with Crippen LogP contribution < -0.4 is 0 Å². The molecule has 2 N–H and O–H groups in total. The SMILES string of the molecule is O=P(O)(O)C(c1ccccc1)c1ccc(C(F)(F)F)cc1. The molecule has 21 heavy (non-hydrogen) atoms. The lowest BCUT2D eigenvalue weighted by Gasteiger charge is -2.20. The molecular weight excluding hydrogens is 304 g/mol. The third-order valence-corrected chi connectivity index (χ3v) is 4.27. The van der Waals surface area contributed by atoms with Gasteiger partial charge < -0.3 is 9.79 Å². The molecule has 1 unspecified atom stereocenters. The van der Waals surface area contributed by atoms with Crippen LogP contribution in [0.1, 0.15) is 22.3 Å². The number of hydrogen-bond acceptors (Lipinski definition) is 1. The topological polar surface area (TPSA) is 57.5 Å². The lowest BCUT2D eigenvalue weighted by Crippen LogP contribution is -2.06. The molecule has 0 aliphatic rings. The highest BCUT2D eigenvalue weighted by Gasteiger charge is 2.34. The molecule has 0 aromatic heterocycles. The Morgan fingerprint density at radius 3 is 1.76 bits per heavy atom. The van der Waals surface area contributed by atoms with Gasteiger partial charge in [-0.15, -0.1) is 0 Å². The second-order valence-corrected chi connectivity index (χ2v) is 6.22. The van der Waals surface area contributed by atoms with Gasteiger partial charge in [0.2, 0.25) is 0 Å². The molecule has 0 radical (unpaired) electrons. The molecule has 0 aliphatic carbocycles. The maximum atomic E-state index is 12.5. The van der Waals surface area contributed by atoms with Gasteiger partial charge in [-0.25, -0.2) is 0 Å². The molecule has 7 heteroatoms. The van der Waals surface area contributed by atoms with E-state index in [9.17, 15) is 27.5 Å². The first kappa shape index (κ1) is 15.8. The molecular formula is C14H12F3O3P. The van der Waals surface area contributed by atoms with E-state index in [0.29, 0.717) is 5.56 Å².